The van der Waals surface area contributed by atoms with Crippen LogP contribution in [-0.4, -0.2) is 30.4 Å². The van der Waals surface area contributed by atoms with Gasteiger partial charge in [-0.05, 0) is 12.1 Å². The minimum Gasteiger partial charge on any atom is -0.440 e. The summed E-state index contributed by atoms with van der Waals surface area (Å²) in [5.74, 6) is -16.5. The molecule has 0 aliphatic rings. The maximum absolute atomic E-state index is 13.9. The summed E-state index contributed by atoms with van der Waals surface area (Å²) < 4.78 is 134. The Balaban J connectivity index is 2.21. The summed E-state index contributed by atoms with van der Waals surface area (Å²) in [5.41, 5.74) is -2.10. The second-order valence-corrected chi connectivity index (χ2v) is 5.82. The van der Waals surface area contributed by atoms with Crippen LogP contribution in [0.25, 0.3) is 0 Å². The van der Waals surface area contributed by atoms with Crippen molar-refractivity contribution in [1.82, 2.24) is 5.32 Å². The van der Waals surface area contributed by atoms with E-state index in [1.165, 1.54) is 5.32 Å². The molecule has 0 heterocycles. The van der Waals surface area contributed by atoms with Crippen LogP contribution in [0.3, 0.4) is 0 Å². The van der Waals surface area contributed by atoms with Crippen molar-refractivity contribution in [2.75, 3.05) is 5.32 Å². The lowest BCUT2D eigenvalue weighted by molar-refractivity contribution is -0.341. The Morgan fingerprint density at radius 3 is 1.81 bits per heavy atom. The van der Waals surface area contributed by atoms with Crippen LogP contribution < -0.4 is 15.4 Å². The van der Waals surface area contributed by atoms with Gasteiger partial charge >= 0.3 is 24.5 Å². The van der Waals surface area contributed by atoms with Crippen molar-refractivity contribution in [3.63, 3.8) is 0 Å². The highest BCUT2D eigenvalue weighted by Crippen LogP contribution is 2.42. The maximum Gasteiger partial charge on any atom is 0.466 e. The van der Waals surface area contributed by atoms with Gasteiger partial charge in [-0.1, -0.05) is 6.07 Å². The molecule has 0 aromatic heterocycles. The van der Waals surface area contributed by atoms with Gasteiger partial charge in [-0.3, -0.25) is 10.1 Å². The van der Waals surface area contributed by atoms with Crippen LogP contribution >= 0.6 is 0 Å². The third-order valence-electron chi connectivity index (χ3n) is 3.59. The Hall–Kier alpha value is -3.52. The number of imide groups is 1. The van der Waals surface area contributed by atoms with Gasteiger partial charge < -0.3 is 10.1 Å². The summed E-state index contributed by atoms with van der Waals surface area (Å²) in [4.78, 5) is 23.5. The van der Waals surface area contributed by atoms with E-state index < -0.39 is 70.7 Å². The highest BCUT2D eigenvalue weighted by molar-refractivity contribution is 6.08. The van der Waals surface area contributed by atoms with Crippen molar-refractivity contribution in [2.24, 2.45) is 0 Å². The second-order valence-electron chi connectivity index (χ2n) is 5.82. The van der Waals surface area contributed by atoms with Gasteiger partial charge in [-0.2, -0.15) is 17.6 Å². The van der Waals surface area contributed by atoms with E-state index >= 15 is 0 Å². The molecule has 174 valence electrons. The molecule has 0 aliphatic carbocycles. The number of hydrogen-bond donors (Lipinski definition) is 2. The van der Waals surface area contributed by atoms with Crippen molar-refractivity contribution in [1.29, 1.82) is 0 Å². The molecule has 0 fully saturated rings. The lowest BCUT2D eigenvalue weighted by Crippen LogP contribution is -2.52. The first-order valence-electron chi connectivity index (χ1n) is 7.95. The number of nitrogens with one attached hydrogen (secondary N) is 2. The predicted octanol–water partition coefficient (Wildman–Crippen LogP) is 5.08. The first-order valence-corrected chi connectivity index (χ1v) is 7.95. The van der Waals surface area contributed by atoms with Crippen LogP contribution in [0.2, 0.25) is 0 Å². The predicted molar refractivity (Wildman–Crippen MR) is 85.7 cm³/mol. The lowest BCUT2D eigenvalue weighted by Gasteiger charge is -2.27. The van der Waals surface area contributed by atoms with E-state index in [1.807, 2.05) is 0 Å². The second kappa shape index (κ2) is 8.92. The van der Waals surface area contributed by atoms with E-state index in [9.17, 15) is 53.5 Å². The molecule has 32 heavy (non-hydrogen) atoms. The Bertz CT molecular complexity index is 1000. The fourth-order valence-electron chi connectivity index (χ4n) is 2.15. The van der Waals surface area contributed by atoms with Gasteiger partial charge in [0.05, 0.1) is 0 Å². The van der Waals surface area contributed by atoms with E-state index in [1.54, 1.807) is 5.32 Å². The van der Waals surface area contributed by atoms with Gasteiger partial charge in [0.2, 0.25) is 0 Å². The number of hydrogen-bond acceptors (Lipinski definition) is 3. The van der Waals surface area contributed by atoms with Crippen molar-refractivity contribution in [3.8, 4) is 5.75 Å². The zero-order valence-corrected chi connectivity index (χ0v) is 15.0. The Labute approximate surface area is 171 Å². The molecule has 0 spiro atoms. The van der Waals surface area contributed by atoms with E-state index in [0.717, 1.165) is 6.07 Å². The zero-order chi connectivity index (χ0) is 24.4. The summed E-state index contributed by atoms with van der Waals surface area (Å²) in [6.07, 6.45) is -11.3. The van der Waals surface area contributed by atoms with Crippen LogP contribution in [0.5, 0.6) is 5.75 Å². The number of halogens is 10. The zero-order valence-electron chi connectivity index (χ0n) is 15.0. The molecule has 2 rings (SSSR count). The van der Waals surface area contributed by atoms with Gasteiger partial charge in [0.15, 0.2) is 17.4 Å². The molecule has 15 heteroatoms. The molecule has 0 saturated carbocycles. The van der Waals surface area contributed by atoms with Crippen LogP contribution in [-0.2, 0) is 0 Å². The third kappa shape index (κ3) is 5.03. The number of alkyl halides is 6. The smallest absolute Gasteiger partial charge is 0.440 e. The molecule has 2 aromatic rings. The van der Waals surface area contributed by atoms with Gasteiger partial charge in [-0.15, -0.1) is 0 Å². The number of anilines is 1. The van der Waals surface area contributed by atoms with E-state index in [-0.39, 0.29) is 12.1 Å². The molecular weight excluding hydrogens is 470 g/mol. The molecule has 5 nitrogen and oxygen atoms in total. The molecule has 1 atom stereocenters. The fraction of sp³-hybridized carbons (Fsp3) is 0.176. The van der Waals surface area contributed by atoms with Gasteiger partial charge in [0, 0.05) is 17.8 Å². The Morgan fingerprint density at radius 2 is 1.38 bits per heavy atom. The third-order valence-corrected chi connectivity index (χ3v) is 3.59. The SMILES string of the molecule is O=C(NC(=O)c1c(F)cccc1F)Nc1cc(F)c(OC(F)(C(F)F)C(F)(F)F)c(F)c1. The summed E-state index contributed by atoms with van der Waals surface area (Å²) >= 11 is 0. The molecule has 0 radical (unpaired) electrons. The Kier molecular flexibility index (Phi) is 6.90. The molecular formula is C17H8F10N2O3. The summed E-state index contributed by atoms with van der Waals surface area (Å²) in [7, 11) is 0. The average molecular weight is 478 g/mol. The number of urea groups is 1. The lowest BCUT2D eigenvalue weighted by atomic mass is 10.2. The van der Waals surface area contributed by atoms with Crippen molar-refractivity contribution >= 4 is 17.6 Å². The molecule has 0 bridgehead atoms. The van der Waals surface area contributed by atoms with Gasteiger partial charge in [0.1, 0.15) is 17.2 Å². The Morgan fingerprint density at radius 1 is 0.875 bits per heavy atom. The van der Waals surface area contributed by atoms with Gasteiger partial charge in [0.25, 0.3) is 5.91 Å². The monoisotopic (exact) mass is 478 g/mol. The minimum absolute atomic E-state index is 0.0361. The standard InChI is InChI=1S/C17H8F10N2O3/c18-7-2-1-3-8(19)11(7)13(30)29-15(31)28-6-4-9(20)12(10(21)5-6)32-16(24,14(22)23)17(25,26)27/h1-5,14H,(H2,28,29,30,31). The molecule has 3 amide bonds. The summed E-state index contributed by atoms with van der Waals surface area (Å²) in [5, 5.41) is 2.99. The van der Waals surface area contributed by atoms with Crippen LogP contribution in [0.15, 0.2) is 30.3 Å². The number of amides is 3. The minimum atomic E-state index is -6.38. The highest BCUT2D eigenvalue weighted by Gasteiger charge is 2.66. The largest absolute Gasteiger partial charge is 0.466 e. The molecule has 2 N–H and O–H groups in total. The molecule has 0 saturated heterocycles. The fourth-order valence-corrected chi connectivity index (χ4v) is 2.15. The molecule has 2 aromatic carbocycles. The highest BCUT2D eigenvalue weighted by atomic mass is 19.4. The van der Waals surface area contributed by atoms with Crippen LogP contribution in [0, 0.1) is 23.3 Å². The van der Waals surface area contributed by atoms with Crippen LogP contribution in [0.1, 0.15) is 10.4 Å². The van der Waals surface area contributed by atoms with Crippen molar-refractivity contribution < 1.29 is 58.2 Å². The summed E-state index contributed by atoms with van der Waals surface area (Å²) in [6.45, 7) is 0. The maximum atomic E-state index is 13.9. The molecule has 0 aliphatic heterocycles. The number of rotatable bonds is 5. The number of carbonyl (C=O) groups excluding carboxylic acids is 2. The van der Waals surface area contributed by atoms with Crippen molar-refractivity contribution in [3.05, 3.63) is 59.2 Å². The van der Waals surface area contributed by atoms with Crippen molar-refractivity contribution in [2.45, 2.75) is 18.5 Å². The number of carbonyl (C=O) groups is 2. The normalized spacial score (nSPS) is 13.5. The van der Waals surface area contributed by atoms with E-state index in [0.29, 0.717) is 12.1 Å². The van der Waals surface area contributed by atoms with E-state index in [4.69, 9.17) is 0 Å². The van der Waals surface area contributed by atoms with Crippen LogP contribution in [0.4, 0.5) is 54.4 Å². The molecule has 1 unspecified atom stereocenters. The quantitative estimate of drug-likeness (QED) is 0.590. The van der Waals surface area contributed by atoms with E-state index in [2.05, 4.69) is 4.74 Å². The first kappa shape index (κ1) is 24.7. The average Bonchev–Trinajstić information content (AvgIpc) is 2.63. The summed E-state index contributed by atoms with van der Waals surface area (Å²) in [6, 6.07) is 0.751. The van der Waals surface area contributed by atoms with Gasteiger partial charge in [-0.25, -0.2) is 31.1 Å². The number of ether oxygens (including phenoxy) is 1. The number of benzene rings is 2. The topological polar surface area (TPSA) is 67.4 Å². The first-order chi connectivity index (χ1) is 14.7.